The first-order valence-corrected chi connectivity index (χ1v) is 9.98. The highest BCUT2D eigenvalue weighted by Gasteiger charge is 2.13. The molecular weight excluding hydrogens is 428 g/mol. The number of aromatic nitrogens is 4. The van der Waals surface area contributed by atoms with Gasteiger partial charge in [0, 0.05) is 11.3 Å². The lowest BCUT2D eigenvalue weighted by Crippen LogP contribution is -2.18. The molecule has 0 aliphatic heterocycles. The molecule has 0 spiro atoms. The first-order valence-electron chi connectivity index (χ1n) is 9.98. The summed E-state index contributed by atoms with van der Waals surface area (Å²) in [5.74, 6) is 1.14. The molecule has 0 aliphatic rings. The number of aryl methyl sites for hydroxylation is 1. The smallest absolute Gasteiger partial charge is 0.307 e. The monoisotopic (exact) mass is 448 g/mol. The maximum absolute atomic E-state index is 12.2. The summed E-state index contributed by atoms with van der Waals surface area (Å²) in [5.41, 5.74) is 3.27. The first kappa shape index (κ1) is 21.7. The summed E-state index contributed by atoms with van der Waals surface area (Å²) in [6.07, 6.45) is 2.29. The molecule has 33 heavy (non-hydrogen) atoms. The van der Waals surface area contributed by atoms with E-state index in [-0.39, 0.29) is 24.7 Å². The van der Waals surface area contributed by atoms with Gasteiger partial charge in [-0.3, -0.25) is 19.6 Å². The molecule has 0 fully saturated rings. The zero-order chi connectivity index (χ0) is 23.4. The first-order chi connectivity index (χ1) is 15.9. The van der Waals surface area contributed by atoms with Crippen molar-refractivity contribution in [3.05, 3.63) is 82.0 Å². The van der Waals surface area contributed by atoms with Crippen molar-refractivity contribution in [2.75, 3.05) is 5.32 Å². The number of hydrogen-bond acceptors (Lipinski definition) is 8. The second-order valence-electron chi connectivity index (χ2n) is 7.28. The number of benzene rings is 2. The van der Waals surface area contributed by atoms with Crippen LogP contribution in [0.5, 0.6) is 5.75 Å². The van der Waals surface area contributed by atoms with Gasteiger partial charge in [0.25, 0.3) is 5.89 Å². The van der Waals surface area contributed by atoms with Crippen molar-refractivity contribution >= 4 is 17.3 Å². The van der Waals surface area contributed by atoms with Gasteiger partial charge in [0.1, 0.15) is 24.7 Å². The Hall–Kier alpha value is -4.54. The summed E-state index contributed by atoms with van der Waals surface area (Å²) < 4.78 is 12.3. The minimum absolute atomic E-state index is 0.149. The van der Waals surface area contributed by atoms with Crippen molar-refractivity contribution in [2.45, 2.75) is 27.0 Å². The Morgan fingerprint density at radius 1 is 1.21 bits per heavy atom. The molecular formula is C22H20N6O5. The Kier molecular flexibility index (Phi) is 6.11. The molecule has 0 atom stereocenters. The van der Waals surface area contributed by atoms with Crippen LogP contribution in [0.2, 0.25) is 0 Å². The third-order valence-corrected chi connectivity index (χ3v) is 4.94. The maximum Gasteiger partial charge on any atom is 0.307 e. The molecule has 11 heteroatoms. The van der Waals surface area contributed by atoms with Gasteiger partial charge in [-0.25, -0.2) is 0 Å². The van der Waals surface area contributed by atoms with Gasteiger partial charge in [-0.2, -0.15) is 10.1 Å². The van der Waals surface area contributed by atoms with Gasteiger partial charge in [0.05, 0.1) is 4.92 Å². The van der Waals surface area contributed by atoms with Crippen molar-refractivity contribution in [2.24, 2.45) is 0 Å². The highest BCUT2D eigenvalue weighted by molar-refractivity contribution is 5.90. The molecule has 1 N–H and O–H groups in total. The molecule has 0 saturated carbocycles. The predicted molar refractivity (Wildman–Crippen MR) is 117 cm³/mol. The number of amides is 1. The summed E-state index contributed by atoms with van der Waals surface area (Å²) in [5, 5.41) is 21.2. The Morgan fingerprint density at radius 3 is 2.73 bits per heavy atom. The lowest BCUT2D eigenvalue weighted by atomic mass is 10.1. The van der Waals surface area contributed by atoms with Gasteiger partial charge in [-0.15, -0.1) is 0 Å². The van der Waals surface area contributed by atoms with Crippen LogP contribution in [0.15, 0.2) is 59.4 Å². The number of nitrogens with one attached hydrogen (secondary N) is 1. The number of nitro groups is 1. The lowest BCUT2D eigenvalue weighted by Gasteiger charge is -2.08. The minimum Gasteiger partial charge on any atom is -0.483 e. The molecule has 168 valence electrons. The molecule has 4 rings (SSSR count). The van der Waals surface area contributed by atoms with Crippen LogP contribution in [0.25, 0.3) is 11.4 Å². The number of carbonyl (C=O) groups excluding carboxylic acids is 1. The number of carbonyl (C=O) groups is 1. The molecule has 2 heterocycles. The number of rotatable bonds is 8. The summed E-state index contributed by atoms with van der Waals surface area (Å²) in [6, 6.07) is 12.7. The molecule has 0 radical (unpaired) electrons. The van der Waals surface area contributed by atoms with Crippen molar-refractivity contribution in [1.29, 1.82) is 0 Å². The van der Waals surface area contributed by atoms with E-state index in [1.165, 1.54) is 10.9 Å². The summed E-state index contributed by atoms with van der Waals surface area (Å²) >= 11 is 0. The number of anilines is 1. The van der Waals surface area contributed by atoms with Gasteiger partial charge >= 0.3 is 5.69 Å². The van der Waals surface area contributed by atoms with E-state index in [9.17, 15) is 14.9 Å². The van der Waals surface area contributed by atoms with Crippen molar-refractivity contribution in [1.82, 2.24) is 19.9 Å². The van der Waals surface area contributed by atoms with E-state index in [0.29, 0.717) is 23.0 Å². The molecule has 2 aromatic carbocycles. The SMILES string of the molecule is Cc1cccc(OCc2nc(-c3ccc(NC(=O)Cn4cc([N+](=O)[O-])cn4)cc3)no2)c1C. The Morgan fingerprint density at radius 2 is 2.00 bits per heavy atom. The van der Waals surface area contributed by atoms with E-state index < -0.39 is 4.92 Å². The molecule has 4 aromatic rings. The Bertz CT molecular complexity index is 1290. The summed E-state index contributed by atoms with van der Waals surface area (Å²) in [4.78, 5) is 26.6. The van der Waals surface area contributed by atoms with E-state index in [2.05, 4.69) is 20.6 Å². The standard InChI is InChI=1S/C22H20N6O5/c1-14-4-3-5-19(15(14)2)32-13-21-25-22(26-33-21)16-6-8-17(9-7-16)24-20(29)12-27-11-18(10-23-27)28(30)31/h3-11H,12-13H2,1-2H3,(H,24,29). The van der Waals surface area contributed by atoms with Crippen LogP contribution in [0.4, 0.5) is 11.4 Å². The van der Waals surface area contributed by atoms with Gasteiger partial charge < -0.3 is 14.6 Å². The fourth-order valence-electron chi connectivity index (χ4n) is 3.03. The van der Waals surface area contributed by atoms with Gasteiger partial charge in [-0.05, 0) is 55.3 Å². The van der Waals surface area contributed by atoms with Crippen LogP contribution in [0.1, 0.15) is 17.0 Å². The van der Waals surface area contributed by atoms with Crippen LogP contribution >= 0.6 is 0 Å². The number of hydrogen-bond donors (Lipinski definition) is 1. The zero-order valence-electron chi connectivity index (χ0n) is 17.9. The van der Waals surface area contributed by atoms with Crippen molar-refractivity contribution in [3.63, 3.8) is 0 Å². The number of ether oxygens (including phenoxy) is 1. The van der Waals surface area contributed by atoms with Crippen LogP contribution in [0.3, 0.4) is 0 Å². The quantitative estimate of drug-likeness (QED) is 0.318. The third-order valence-electron chi connectivity index (χ3n) is 4.94. The largest absolute Gasteiger partial charge is 0.483 e. The highest BCUT2D eigenvalue weighted by Crippen LogP contribution is 2.23. The molecule has 1 amide bonds. The summed E-state index contributed by atoms with van der Waals surface area (Å²) in [7, 11) is 0. The van der Waals surface area contributed by atoms with Gasteiger partial charge in [0.2, 0.25) is 11.7 Å². The van der Waals surface area contributed by atoms with E-state index in [1.807, 2.05) is 32.0 Å². The van der Waals surface area contributed by atoms with Crippen LogP contribution in [0, 0.1) is 24.0 Å². The highest BCUT2D eigenvalue weighted by atomic mass is 16.6. The minimum atomic E-state index is -0.570. The molecule has 2 aromatic heterocycles. The van der Waals surface area contributed by atoms with E-state index in [4.69, 9.17) is 9.26 Å². The average Bonchev–Trinajstić information content (AvgIpc) is 3.45. The van der Waals surface area contributed by atoms with Crippen molar-refractivity contribution in [3.8, 4) is 17.1 Å². The molecule has 0 aliphatic carbocycles. The summed E-state index contributed by atoms with van der Waals surface area (Å²) in [6.45, 7) is 4.01. The fourth-order valence-corrected chi connectivity index (χ4v) is 3.03. The van der Waals surface area contributed by atoms with E-state index >= 15 is 0 Å². The van der Waals surface area contributed by atoms with Crippen LogP contribution in [-0.4, -0.2) is 30.8 Å². The normalized spacial score (nSPS) is 10.7. The van der Waals surface area contributed by atoms with Crippen LogP contribution < -0.4 is 10.1 Å². The van der Waals surface area contributed by atoms with Crippen molar-refractivity contribution < 1.29 is 19.0 Å². The topological polar surface area (TPSA) is 138 Å². The Balaban J connectivity index is 1.34. The van der Waals surface area contributed by atoms with E-state index in [1.54, 1.807) is 24.3 Å². The molecule has 0 saturated heterocycles. The lowest BCUT2D eigenvalue weighted by molar-refractivity contribution is -0.385. The molecule has 0 unspecified atom stereocenters. The predicted octanol–water partition coefficient (Wildman–Crippen LogP) is 3.68. The van der Waals surface area contributed by atoms with E-state index in [0.717, 1.165) is 23.1 Å². The maximum atomic E-state index is 12.2. The Labute approximate surface area is 188 Å². The second kappa shape index (κ2) is 9.30. The molecule has 0 bridgehead atoms. The zero-order valence-corrected chi connectivity index (χ0v) is 17.9. The third kappa shape index (κ3) is 5.21. The average molecular weight is 448 g/mol. The van der Waals surface area contributed by atoms with Crippen LogP contribution in [-0.2, 0) is 17.9 Å². The number of nitrogens with zero attached hydrogens (tertiary/aromatic N) is 5. The van der Waals surface area contributed by atoms with Gasteiger partial charge in [-0.1, -0.05) is 17.3 Å². The second-order valence-corrected chi connectivity index (χ2v) is 7.28. The molecule has 11 nitrogen and oxygen atoms in total. The fraction of sp³-hybridized carbons (Fsp3) is 0.182. The van der Waals surface area contributed by atoms with Gasteiger partial charge in [0.15, 0.2) is 6.61 Å².